The minimum absolute atomic E-state index is 0.178. The van der Waals surface area contributed by atoms with E-state index in [1.807, 2.05) is 0 Å². The molecule has 0 radical (unpaired) electrons. The Morgan fingerprint density at radius 1 is 1.30 bits per heavy atom. The molecule has 1 saturated heterocycles. The third kappa shape index (κ3) is 2.73. The lowest BCUT2D eigenvalue weighted by Gasteiger charge is -2.24. The van der Waals surface area contributed by atoms with Crippen LogP contribution < -0.4 is 15.2 Å². The van der Waals surface area contributed by atoms with Crippen LogP contribution in [-0.4, -0.2) is 50.0 Å². The van der Waals surface area contributed by atoms with Crippen molar-refractivity contribution in [1.29, 1.82) is 0 Å². The molecule has 1 unspecified atom stereocenters. The van der Waals surface area contributed by atoms with Crippen molar-refractivity contribution in [2.45, 2.75) is 23.8 Å². The molecule has 126 valence electrons. The number of hydrogen-bond acceptors (Lipinski definition) is 7. The fourth-order valence-corrected chi connectivity index (χ4v) is 4.76. The van der Waals surface area contributed by atoms with Crippen molar-refractivity contribution in [2.24, 2.45) is 5.73 Å². The Hall–Kier alpha value is -1.91. The predicted molar refractivity (Wildman–Crippen MR) is 80.1 cm³/mol. The van der Waals surface area contributed by atoms with Crippen LogP contribution in [0, 0.1) is 10.1 Å². The molecule has 3 rings (SSSR count). The van der Waals surface area contributed by atoms with Gasteiger partial charge in [0.25, 0.3) is 5.69 Å². The Morgan fingerprint density at radius 3 is 2.57 bits per heavy atom. The number of ether oxygens (including phenoxy) is 2. The van der Waals surface area contributed by atoms with Crippen LogP contribution in [-0.2, 0) is 10.0 Å². The molecular formula is C13H17N3O6S. The number of benzene rings is 1. The second kappa shape index (κ2) is 5.95. The summed E-state index contributed by atoms with van der Waals surface area (Å²) < 4.78 is 37.7. The zero-order valence-corrected chi connectivity index (χ0v) is 13.1. The van der Waals surface area contributed by atoms with Gasteiger partial charge in [-0.25, -0.2) is 8.42 Å². The average Bonchev–Trinajstić information content (AvgIpc) is 3.03. The standard InChI is InChI=1S/C13H17N3O6S/c14-8-9-2-1-3-15(9)23(19,20)13-7-12-11(21-4-5-22-12)6-10(13)16(17)18/h6-7,9H,1-5,8,14H2. The highest BCUT2D eigenvalue weighted by Crippen LogP contribution is 2.40. The molecule has 23 heavy (non-hydrogen) atoms. The van der Waals surface area contributed by atoms with Crippen molar-refractivity contribution in [3.05, 3.63) is 22.2 Å². The fourth-order valence-electron chi connectivity index (χ4n) is 2.90. The van der Waals surface area contributed by atoms with Gasteiger partial charge in [0.15, 0.2) is 16.4 Å². The van der Waals surface area contributed by atoms with E-state index in [1.54, 1.807) is 0 Å². The number of hydrogen-bond donors (Lipinski definition) is 1. The van der Waals surface area contributed by atoms with E-state index in [4.69, 9.17) is 15.2 Å². The smallest absolute Gasteiger partial charge is 0.293 e. The first kappa shape index (κ1) is 16.0. The highest BCUT2D eigenvalue weighted by molar-refractivity contribution is 7.89. The summed E-state index contributed by atoms with van der Waals surface area (Å²) in [5, 5.41) is 11.3. The quantitative estimate of drug-likeness (QED) is 0.622. The summed E-state index contributed by atoms with van der Waals surface area (Å²) in [6.45, 7) is 1.00. The molecule has 2 heterocycles. The molecule has 0 aliphatic carbocycles. The minimum Gasteiger partial charge on any atom is -0.486 e. The van der Waals surface area contributed by atoms with E-state index < -0.39 is 20.6 Å². The van der Waals surface area contributed by atoms with Gasteiger partial charge in [-0.2, -0.15) is 4.31 Å². The Kier molecular flexibility index (Phi) is 4.13. The van der Waals surface area contributed by atoms with Crippen LogP contribution in [0.2, 0.25) is 0 Å². The van der Waals surface area contributed by atoms with Gasteiger partial charge < -0.3 is 15.2 Å². The van der Waals surface area contributed by atoms with Crippen LogP contribution >= 0.6 is 0 Å². The number of nitro groups is 1. The van der Waals surface area contributed by atoms with E-state index in [-0.39, 0.29) is 42.2 Å². The summed E-state index contributed by atoms with van der Waals surface area (Å²) in [4.78, 5) is 10.2. The highest BCUT2D eigenvalue weighted by atomic mass is 32.2. The number of rotatable bonds is 4. The molecule has 2 aliphatic rings. The lowest BCUT2D eigenvalue weighted by Crippen LogP contribution is -2.40. The van der Waals surface area contributed by atoms with Crippen molar-refractivity contribution in [2.75, 3.05) is 26.3 Å². The van der Waals surface area contributed by atoms with Crippen LogP contribution in [0.1, 0.15) is 12.8 Å². The maximum atomic E-state index is 12.9. The molecule has 0 saturated carbocycles. The van der Waals surface area contributed by atoms with Crippen LogP contribution in [0.4, 0.5) is 5.69 Å². The zero-order chi connectivity index (χ0) is 16.6. The highest BCUT2D eigenvalue weighted by Gasteiger charge is 2.39. The second-order valence-corrected chi connectivity index (χ2v) is 7.23. The Labute approximate surface area is 133 Å². The van der Waals surface area contributed by atoms with Crippen LogP contribution in [0.5, 0.6) is 11.5 Å². The third-order valence-electron chi connectivity index (χ3n) is 4.00. The maximum Gasteiger partial charge on any atom is 0.293 e. The first-order valence-electron chi connectivity index (χ1n) is 7.25. The van der Waals surface area contributed by atoms with Gasteiger partial charge in [-0.3, -0.25) is 10.1 Å². The topological polar surface area (TPSA) is 125 Å². The molecule has 1 atom stereocenters. The van der Waals surface area contributed by atoms with Gasteiger partial charge in [0.05, 0.1) is 11.0 Å². The Balaban J connectivity index is 2.12. The van der Waals surface area contributed by atoms with Crippen molar-refractivity contribution >= 4 is 15.7 Å². The van der Waals surface area contributed by atoms with Gasteiger partial charge in [-0.15, -0.1) is 0 Å². The minimum atomic E-state index is -4.03. The van der Waals surface area contributed by atoms with Gasteiger partial charge in [0.1, 0.15) is 13.2 Å². The van der Waals surface area contributed by atoms with E-state index in [9.17, 15) is 18.5 Å². The Bertz CT molecular complexity index is 735. The summed E-state index contributed by atoms with van der Waals surface area (Å²) in [5.74, 6) is 0.377. The largest absolute Gasteiger partial charge is 0.486 e. The van der Waals surface area contributed by atoms with E-state index >= 15 is 0 Å². The third-order valence-corrected chi connectivity index (χ3v) is 5.98. The lowest BCUT2D eigenvalue weighted by atomic mass is 10.2. The first-order chi connectivity index (χ1) is 10.9. The molecule has 9 nitrogen and oxygen atoms in total. The number of sulfonamides is 1. The van der Waals surface area contributed by atoms with E-state index in [0.29, 0.717) is 19.4 Å². The molecule has 2 aliphatic heterocycles. The fraction of sp³-hybridized carbons (Fsp3) is 0.538. The number of fused-ring (bicyclic) bond motifs is 1. The number of nitrogens with zero attached hydrogens (tertiary/aromatic N) is 2. The van der Waals surface area contributed by atoms with Crippen molar-refractivity contribution < 1.29 is 22.8 Å². The zero-order valence-electron chi connectivity index (χ0n) is 12.3. The second-order valence-electron chi connectivity index (χ2n) is 5.37. The van der Waals surface area contributed by atoms with Crippen molar-refractivity contribution in [1.82, 2.24) is 4.31 Å². The van der Waals surface area contributed by atoms with Crippen LogP contribution in [0.25, 0.3) is 0 Å². The van der Waals surface area contributed by atoms with Gasteiger partial charge in [-0.1, -0.05) is 0 Å². The normalized spacial score (nSPS) is 21.3. The van der Waals surface area contributed by atoms with Crippen molar-refractivity contribution in [3.8, 4) is 11.5 Å². The van der Waals surface area contributed by atoms with Crippen molar-refractivity contribution in [3.63, 3.8) is 0 Å². The van der Waals surface area contributed by atoms with E-state index in [2.05, 4.69) is 0 Å². The summed E-state index contributed by atoms with van der Waals surface area (Å²) >= 11 is 0. The maximum absolute atomic E-state index is 12.9. The molecule has 1 aromatic carbocycles. The molecule has 10 heteroatoms. The summed E-state index contributed by atoms with van der Waals surface area (Å²) in [7, 11) is -4.03. The van der Waals surface area contributed by atoms with Gasteiger partial charge in [0, 0.05) is 25.2 Å². The molecule has 2 N–H and O–H groups in total. The number of nitro benzene ring substituents is 1. The molecule has 0 bridgehead atoms. The molecule has 0 spiro atoms. The predicted octanol–water partition coefficient (Wildman–Crippen LogP) is 0.478. The SMILES string of the molecule is NCC1CCCN1S(=O)(=O)c1cc2c(cc1[N+](=O)[O-])OCCO2. The summed E-state index contributed by atoms with van der Waals surface area (Å²) in [6, 6.07) is 1.94. The molecule has 1 fully saturated rings. The molecule has 0 amide bonds. The van der Waals surface area contributed by atoms with E-state index in [1.165, 1.54) is 10.4 Å². The van der Waals surface area contributed by atoms with Gasteiger partial charge >= 0.3 is 0 Å². The lowest BCUT2D eigenvalue weighted by molar-refractivity contribution is -0.388. The summed E-state index contributed by atoms with van der Waals surface area (Å²) in [5.41, 5.74) is 5.11. The van der Waals surface area contributed by atoms with Gasteiger partial charge in [0.2, 0.25) is 10.0 Å². The van der Waals surface area contributed by atoms with E-state index in [0.717, 1.165) is 6.07 Å². The first-order valence-corrected chi connectivity index (χ1v) is 8.69. The van der Waals surface area contributed by atoms with Crippen LogP contribution in [0.3, 0.4) is 0 Å². The molecular weight excluding hydrogens is 326 g/mol. The molecule has 0 aromatic heterocycles. The number of nitrogens with two attached hydrogens (primary N) is 1. The van der Waals surface area contributed by atoms with Gasteiger partial charge in [-0.05, 0) is 12.8 Å². The average molecular weight is 343 g/mol. The molecule has 1 aromatic rings. The van der Waals surface area contributed by atoms with Crippen LogP contribution in [0.15, 0.2) is 17.0 Å². The summed E-state index contributed by atoms with van der Waals surface area (Å²) in [6.07, 6.45) is 1.33. The monoisotopic (exact) mass is 343 g/mol. The Morgan fingerprint density at radius 2 is 1.96 bits per heavy atom.